The van der Waals surface area contributed by atoms with Gasteiger partial charge in [0.2, 0.25) is 10.0 Å². The van der Waals surface area contributed by atoms with Crippen LogP contribution in [0.3, 0.4) is 0 Å². The van der Waals surface area contributed by atoms with Crippen LogP contribution in [0.2, 0.25) is 0 Å². The molecule has 84 valence electrons. The molecule has 1 atom stereocenters. The van der Waals surface area contributed by atoms with Crippen LogP contribution in [0, 0.1) is 0 Å². The van der Waals surface area contributed by atoms with E-state index in [4.69, 9.17) is 16.0 Å². The van der Waals surface area contributed by atoms with Gasteiger partial charge in [-0.25, -0.2) is 13.6 Å². The molecular weight excluding hydrogens is 218 g/mol. The Morgan fingerprint density at radius 1 is 1.47 bits per heavy atom. The van der Waals surface area contributed by atoms with Crippen molar-refractivity contribution in [2.24, 2.45) is 10.9 Å². The molecule has 0 aliphatic carbocycles. The Labute approximate surface area is 88.0 Å². The summed E-state index contributed by atoms with van der Waals surface area (Å²) in [4.78, 5) is 3.83. The van der Waals surface area contributed by atoms with Gasteiger partial charge in [-0.05, 0) is 12.1 Å². The molecule has 0 saturated heterocycles. The van der Waals surface area contributed by atoms with Crippen LogP contribution >= 0.6 is 0 Å². The first-order valence-electron chi connectivity index (χ1n) is 4.28. The summed E-state index contributed by atoms with van der Waals surface area (Å²) in [6, 6.07) is 2.84. The summed E-state index contributed by atoms with van der Waals surface area (Å²) >= 11 is 0. The lowest BCUT2D eigenvalue weighted by atomic mass is 10.1. The number of aliphatic hydroxyl groups excluding tert-OH is 1. The van der Waals surface area contributed by atoms with Crippen LogP contribution in [-0.4, -0.2) is 31.7 Å². The standard InChI is InChI=1S/C8H13N3O3S/c9-3-6(5-12)8-2-1-7(4-11-8)15(10,13)14/h1-2,4,6,12H,3,5,9H2,(H2,10,13,14). The minimum atomic E-state index is -3.71. The minimum Gasteiger partial charge on any atom is -0.396 e. The van der Waals surface area contributed by atoms with E-state index in [1.807, 2.05) is 0 Å². The largest absolute Gasteiger partial charge is 0.396 e. The zero-order valence-corrected chi connectivity index (χ0v) is 8.81. The predicted octanol–water partition coefficient (Wildman–Crippen LogP) is -1.24. The van der Waals surface area contributed by atoms with Crippen molar-refractivity contribution in [3.05, 3.63) is 24.0 Å². The van der Waals surface area contributed by atoms with Crippen molar-refractivity contribution < 1.29 is 13.5 Å². The second-order valence-corrected chi connectivity index (χ2v) is 4.64. The summed E-state index contributed by atoms with van der Waals surface area (Å²) in [5, 5.41) is 13.9. The lowest BCUT2D eigenvalue weighted by Gasteiger charge is -2.10. The molecule has 1 aromatic heterocycles. The van der Waals surface area contributed by atoms with Crippen LogP contribution in [0.1, 0.15) is 11.6 Å². The Bertz CT molecular complexity index is 411. The number of hydrogen-bond acceptors (Lipinski definition) is 5. The third-order valence-corrected chi connectivity index (χ3v) is 2.91. The highest BCUT2D eigenvalue weighted by Gasteiger charge is 2.12. The van der Waals surface area contributed by atoms with Gasteiger partial charge in [0.25, 0.3) is 0 Å². The van der Waals surface area contributed by atoms with Gasteiger partial charge in [-0.15, -0.1) is 0 Å². The highest BCUT2D eigenvalue weighted by Crippen LogP contribution is 2.13. The molecule has 0 bridgehead atoms. The van der Waals surface area contributed by atoms with Crippen molar-refractivity contribution >= 4 is 10.0 Å². The molecule has 5 N–H and O–H groups in total. The Kier molecular flexibility index (Phi) is 3.75. The molecule has 0 radical (unpaired) electrons. The van der Waals surface area contributed by atoms with Gasteiger partial charge in [0, 0.05) is 24.4 Å². The summed E-state index contributed by atoms with van der Waals surface area (Å²) in [6.45, 7) is 0.121. The number of rotatable bonds is 4. The van der Waals surface area contributed by atoms with Gasteiger partial charge in [0.1, 0.15) is 4.90 Å². The van der Waals surface area contributed by atoms with Crippen LogP contribution in [0.15, 0.2) is 23.2 Å². The SMILES string of the molecule is NCC(CO)c1ccc(S(N)(=O)=O)cn1. The van der Waals surface area contributed by atoms with E-state index in [9.17, 15) is 8.42 Å². The Hall–Kier alpha value is -1.02. The van der Waals surface area contributed by atoms with Crippen LogP contribution < -0.4 is 10.9 Å². The van der Waals surface area contributed by atoms with E-state index in [1.165, 1.54) is 12.1 Å². The third kappa shape index (κ3) is 2.96. The molecule has 1 unspecified atom stereocenters. The van der Waals surface area contributed by atoms with E-state index in [0.29, 0.717) is 5.69 Å². The second kappa shape index (κ2) is 4.67. The molecule has 0 aliphatic rings. The Balaban J connectivity index is 3.00. The molecule has 15 heavy (non-hydrogen) atoms. The maximum absolute atomic E-state index is 10.9. The molecule has 6 nitrogen and oxygen atoms in total. The predicted molar refractivity (Wildman–Crippen MR) is 54.5 cm³/mol. The first kappa shape index (κ1) is 12.1. The molecule has 0 amide bonds. The molecule has 0 aliphatic heterocycles. The molecule has 0 aromatic carbocycles. The Morgan fingerprint density at radius 2 is 2.13 bits per heavy atom. The fourth-order valence-electron chi connectivity index (χ4n) is 1.09. The van der Waals surface area contributed by atoms with Crippen LogP contribution in [0.25, 0.3) is 0 Å². The van der Waals surface area contributed by atoms with Gasteiger partial charge in [-0.1, -0.05) is 0 Å². The summed E-state index contributed by atoms with van der Waals surface area (Å²) in [7, 11) is -3.71. The van der Waals surface area contributed by atoms with Crippen molar-refractivity contribution in [2.75, 3.05) is 13.2 Å². The number of hydrogen-bond donors (Lipinski definition) is 3. The zero-order valence-electron chi connectivity index (χ0n) is 8.00. The van der Waals surface area contributed by atoms with Crippen molar-refractivity contribution in [3.63, 3.8) is 0 Å². The molecule has 0 spiro atoms. The van der Waals surface area contributed by atoms with E-state index < -0.39 is 10.0 Å². The van der Waals surface area contributed by atoms with Crippen molar-refractivity contribution in [1.29, 1.82) is 0 Å². The lowest BCUT2D eigenvalue weighted by molar-refractivity contribution is 0.265. The average Bonchev–Trinajstić information content (AvgIpc) is 2.19. The molecule has 0 saturated carbocycles. The van der Waals surface area contributed by atoms with Crippen molar-refractivity contribution in [3.8, 4) is 0 Å². The molecular formula is C8H13N3O3S. The average molecular weight is 231 g/mol. The third-order valence-electron chi connectivity index (χ3n) is 2.01. The van der Waals surface area contributed by atoms with E-state index in [0.717, 1.165) is 6.20 Å². The highest BCUT2D eigenvalue weighted by molar-refractivity contribution is 7.89. The lowest BCUT2D eigenvalue weighted by Crippen LogP contribution is -2.18. The van der Waals surface area contributed by atoms with E-state index >= 15 is 0 Å². The maximum atomic E-state index is 10.9. The summed E-state index contributed by atoms with van der Waals surface area (Å²) < 4.78 is 21.8. The quantitative estimate of drug-likeness (QED) is 0.599. The number of nitrogens with zero attached hydrogens (tertiary/aromatic N) is 1. The smallest absolute Gasteiger partial charge is 0.239 e. The van der Waals surface area contributed by atoms with Gasteiger partial charge in [0.05, 0.1) is 6.61 Å². The van der Waals surface area contributed by atoms with Gasteiger partial charge in [0.15, 0.2) is 0 Å². The van der Waals surface area contributed by atoms with E-state index in [2.05, 4.69) is 4.98 Å². The topological polar surface area (TPSA) is 119 Å². The fourth-order valence-corrected chi connectivity index (χ4v) is 1.55. The number of sulfonamides is 1. The number of nitrogens with two attached hydrogens (primary N) is 2. The molecule has 7 heteroatoms. The van der Waals surface area contributed by atoms with E-state index in [1.54, 1.807) is 0 Å². The molecule has 1 rings (SSSR count). The normalized spacial score (nSPS) is 13.8. The first-order chi connectivity index (χ1) is 6.99. The maximum Gasteiger partial charge on any atom is 0.239 e. The van der Waals surface area contributed by atoms with Gasteiger partial charge >= 0.3 is 0 Å². The second-order valence-electron chi connectivity index (χ2n) is 3.08. The van der Waals surface area contributed by atoms with Gasteiger partial charge < -0.3 is 10.8 Å². The summed E-state index contributed by atoms with van der Waals surface area (Å²) in [5.41, 5.74) is 5.94. The monoisotopic (exact) mass is 231 g/mol. The highest BCUT2D eigenvalue weighted by atomic mass is 32.2. The number of aromatic nitrogens is 1. The minimum absolute atomic E-state index is 0.0556. The number of aliphatic hydroxyl groups is 1. The summed E-state index contributed by atoms with van der Waals surface area (Å²) in [5.74, 6) is -0.278. The fraction of sp³-hybridized carbons (Fsp3) is 0.375. The van der Waals surface area contributed by atoms with Gasteiger partial charge in [-0.2, -0.15) is 0 Å². The van der Waals surface area contributed by atoms with Crippen molar-refractivity contribution in [2.45, 2.75) is 10.8 Å². The number of primary sulfonamides is 1. The first-order valence-corrected chi connectivity index (χ1v) is 5.83. The number of pyridine rings is 1. The van der Waals surface area contributed by atoms with Crippen LogP contribution in [-0.2, 0) is 10.0 Å². The molecule has 1 heterocycles. The Morgan fingerprint density at radius 3 is 2.47 bits per heavy atom. The van der Waals surface area contributed by atoms with Gasteiger partial charge in [-0.3, -0.25) is 4.98 Å². The van der Waals surface area contributed by atoms with Crippen molar-refractivity contribution in [1.82, 2.24) is 4.98 Å². The van der Waals surface area contributed by atoms with Crippen LogP contribution in [0.5, 0.6) is 0 Å². The van der Waals surface area contributed by atoms with E-state index in [-0.39, 0.29) is 24.0 Å². The summed E-state index contributed by atoms with van der Waals surface area (Å²) in [6.07, 6.45) is 1.16. The van der Waals surface area contributed by atoms with Crippen LogP contribution in [0.4, 0.5) is 0 Å². The zero-order chi connectivity index (χ0) is 11.5. The molecule has 1 aromatic rings. The molecule has 0 fully saturated rings.